The summed E-state index contributed by atoms with van der Waals surface area (Å²) in [6.45, 7) is -0.922. The Labute approximate surface area is 135 Å². The zero-order chi connectivity index (χ0) is 19.0. The highest BCUT2D eigenvalue weighted by Crippen LogP contribution is 2.32. The van der Waals surface area contributed by atoms with Gasteiger partial charge in [-0.3, -0.25) is 9.59 Å². The van der Waals surface area contributed by atoms with Gasteiger partial charge >= 0.3 is 18.3 Å². The third kappa shape index (κ3) is 4.48. The van der Waals surface area contributed by atoms with Crippen molar-refractivity contribution in [3.05, 3.63) is 39.8 Å². The van der Waals surface area contributed by atoms with E-state index in [-0.39, 0.29) is 10.8 Å². The standard InChI is InChI=1S/C14H10F6N2O3/c15-13(16,17)4-3-10-9-5-7(14(18,19)20)1-2-8(9)12(25)22(21-10)6-11(23)24/h1-2,5H,3-4,6H2,(H,23,24). The molecule has 0 spiro atoms. The number of carboxylic acid groups (broad SMARTS) is 1. The first-order valence-corrected chi connectivity index (χ1v) is 6.78. The quantitative estimate of drug-likeness (QED) is 0.843. The SMILES string of the molecule is O=C(O)Cn1nc(CCC(F)(F)F)c2cc(C(F)(F)F)ccc2c1=O. The Balaban J connectivity index is 2.68. The molecule has 0 bridgehead atoms. The van der Waals surface area contributed by atoms with Crippen molar-refractivity contribution in [1.82, 2.24) is 9.78 Å². The Kier molecular flexibility index (Phi) is 4.78. The minimum atomic E-state index is -4.76. The van der Waals surface area contributed by atoms with Gasteiger partial charge in [-0.25, -0.2) is 4.68 Å². The molecule has 0 radical (unpaired) electrons. The summed E-state index contributed by atoms with van der Waals surface area (Å²) in [4.78, 5) is 22.9. The van der Waals surface area contributed by atoms with Gasteiger partial charge in [0, 0.05) is 18.2 Å². The highest BCUT2D eigenvalue weighted by molar-refractivity contribution is 5.84. The molecule has 0 aliphatic heterocycles. The lowest BCUT2D eigenvalue weighted by atomic mass is 10.0. The molecule has 11 heteroatoms. The number of carboxylic acids is 1. The van der Waals surface area contributed by atoms with Crippen molar-refractivity contribution in [3.63, 3.8) is 0 Å². The van der Waals surface area contributed by atoms with E-state index in [0.717, 1.165) is 6.07 Å². The molecule has 0 saturated heterocycles. The maximum atomic E-state index is 12.8. The van der Waals surface area contributed by atoms with Crippen LogP contribution in [0.1, 0.15) is 17.7 Å². The fourth-order valence-corrected chi connectivity index (χ4v) is 2.21. The minimum Gasteiger partial charge on any atom is -0.480 e. The molecule has 1 aromatic carbocycles. The monoisotopic (exact) mass is 368 g/mol. The molecule has 1 aromatic heterocycles. The van der Waals surface area contributed by atoms with E-state index >= 15 is 0 Å². The van der Waals surface area contributed by atoms with Crippen LogP contribution in [0, 0.1) is 0 Å². The second-order valence-electron chi connectivity index (χ2n) is 5.18. The summed E-state index contributed by atoms with van der Waals surface area (Å²) < 4.78 is 76.1. The second-order valence-corrected chi connectivity index (χ2v) is 5.18. The van der Waals surface area contributed by atoms with Crippen LogP contribution in [0.3, 0.4) is 0 Å². The average Bonchev–Trinajstić information content (AvgIpc) is 2.46. The minimum absolute atomic E-state index is 0.332. The van der Waals surface area contributed by atoms with Crippen LogP contribution in [0.25, 0.3) is 10.8 Å². The Morgan fingerprint density at radius 3 is 2.28 bits per heavy atom. The van der Waals surface area contributed by atoms with Gasteiger partial charge in [0.25, 0.3) is 5.56 Å². The number of aliphatic carboxylic acids is 1. The van der Waals surface area contributed by atoms with Gasteiger partial charge in [-0.15, -0.1) is 0 Å². The summed E-state index contributed by atoms with van der Waals surface area (Å²) in [6.07, 6.45) is -11.5. The normalized spacial score (nSPS) is 12.6. The third-order valence-corrected chi connectivity index (χ3v) is 3.29. The van der Waals surface area contributed by atoms with Crippen molar-refractivity contribution in [2.45, 2.75) is 31.7 Å². The number of hydrogen-bond acceptors (Lipinski definition) is 3. The topological polar surface area (TPSA) is 72.2 Å². The lowest BCUT2D eigenvalue weighted by Crippen LogP contribution is -2.28. The van der Waals surface area contributed by atoms with E-state index in [1.165, 1.54) is 0 Å². The highest BCUT2D eigenvalue weighted by Gasteiger charge is 2.32. The Hall–Kier alpha value is -2.59. The maximum absolute atomic E-state index is 12.8. The number of hydrogen-bond donors (Lipinski definition) is 1. The van der Waals surface area contributed by atoms with Crippen molar-refractivity contribution < 1.29 is 36.2 Å². The largest absolute Gasteiger partial charge is 0.480 e. The molecule has 0 atom stereocenters. The average molecular weight is 368 g/mol. The lowest BCUT2D eigenvalue weighted by molar-refractivity contribution is -0.138. The number of aromatic nitrogens is 2. The van der Waals surface area contributed by atoms with Crippen LogP contribution in [0.4, 0.5) is 26.3 Å². The van der Waals surface area contributed by atoms with Crippen LogP contribution in [0.15, 0.2) is 23.0 Å². The fraction of sp³-hybridized carbons (Fsp3) is 0.357. The third-order valence-electron chi connectivity index (χ3n) is 3.29. The van der Waals surface area contributed by atoms with E-state index in [4.69, 9.17) is 5.11 Å². The van der Waals surface area contributed by atoms with E-state index in [1.54, 1.807) is 0 Å². The van der Waals surface area contributed by atoms with E-state index in [9.17, 15) is 35.9 Å². The van der Waals surface area contributed by atoms with Crippen molar-refractivity contribution in [1.29, 1.82) is 0 Å². The molecule has 0 amide bonds. The molecule has 1 N–H and O–H groups in total. The van der Waals surface area contributed by atoms with Crippen LogP contribution in [0.2, 0.25) is 0 Å². The number of rotatable bonds is 4. The Morgan fingerprint density at radius 1 is 1.12 bits per heavy atom. The number of halogens is 6. The summed E-state index contributed by atoms with van der Waals surface area (Å²) in [5, 5.41) is 11.5. The zero-order valence-corrected chi connectivity index (χ0v) is 12.3. The molecular formula is C14H10F6N2O3. The molecule has 0 aliphatic carbocycles. The van der Waals surface area contributed by atoms with Gasteiger partial charge in [-0.05, 0) is 18.2 Å². The van der Waals surface area contributed by atoms with Crippen LogP contribution in [0.5, 0.6) is 0 Å². The molecule has 1 heterocycles. The summed E-state index contributed by atoms with van der Waals surface area (Å²) in [6, 6.07) is 1.94. The van der Waals surface area contributed by atoms with Gasteiger partial charge < -0.3 is 5.11 Å². The first-order valence-electron chi connectivity index (χ1n) is 6.78. The van der Waals surface area contributed by atoms with E-state index in [1.807, 2.05) is 0 Å². The van der Waals surface area contributed by atoms with E-state index in [2.05, 4.69) is 5.10 Å². The van der Waals surface area contributed by atoms with Crippen molar-refractivity contribution in [2.75, 3.05) is 0 Å². The number of carbonyl (C=O) groups is 1. The van der Waals surface area contributed by atoms with Crippen molar-refractivity contribution >= 4 is 16.7 Å². The zero-order valence-electron chi connectivity index (χ0n) is 12.3. The van der Waals surface area contributed by atoms with Crippen LogP contribution >= 0.6 is 0 Å². The number of alkyl halides is 6. The van der Waals surface area contributed by atoms with Gasteiger partial charge in [-0.2, -0.15) is 31.4 Å². The molecule has 136 valence electrons. The summed E-state index contributed by atoms with van der Waals surface area (Å²) in [5.41, 5.74) is -2.58. The van der Waals surface area contributed by atoms with Gasteiger partial charge in [0.2, 0.25) is 0 Å². The summed E-state index contributed by atoms with van der Waals surface area (Å²) in [7, 11) is 0. The number of fused-ring (bicyclic) bond motifs is 1. The van der Waals surface area contributed by atoms with Crippen molar-refractivity contribution in [3.8, 4) is 0 Å². The van der Waals surface area contributed by atoms with Crippen LogP contribution in [-0.2, 0) is 23.9 Å². The van der Waals surface area contributed by atoms with E-state index in [0.29, 0.717) is 16.8 Å². The number of benzene rings is 1. The predicted molar refractivity (Wildman–Crippen MR) is 73.0 cm³/mol. The molecule has 0 unspecified atom stereocenters. The molecule has 0 aliphatic rings. The summed E-state index contributed by atoms with van der Waals surface area (Å²) in [5.74, 6) is -1.47. The number of aryl methyl sites for hydroxylation is 1. The van der Waals surface area contributed by atoms with Crippen LogP contribution < -0.4 is 5.56 Å². The van der Waals surface area contributed by atoms with Gasteiger partial charge in [0.05, 0.1) is 16.6 Å². The van der Waals surface area contributed by atoms with E-state index < -0.39 is 54.5 Å². The first-order chi connectivity index (χ1) is 11.4. The molecule has 0 fully saturated rings. The van der Waals surface area contributed by atoms with Gasteiger partial charge in [0.15, 0.2) is 0 Å². The molecule has 2 rings (SSSR count). The number of nitrogens with zero attached hydrogens (tertiary/aromatic N) is 2. The first kappa shape index (κ1) is 18.7. The van der Waals surface area contributed by atoms with Gasteiger partial charge in [0.1, 0.15) is 6.54 Å². The Bertz CT molecular complexity index is 870. The smallest absolute Gasteiger partial charge is 0.416 e. The molecule has 2 aromatic rings. The van der Waals surface area contributed by atoms with Gasteiger partial charge in [-0.1, -0.05) is 0 Å². The second kappa shape index (κ2) is 6.37. The fourth-order valence-electron chi connectivity index (χ4n) is 2.21. The van der Waals surface area contributed by atoms with Crippen molar-refractivity contribution in [2.24, 2.45) is 0 Å². The highest BCUT2D eigenvalue weighted by atomic mass is 19.4. The van der Waals surface area contributed by atoms with Crippen LogP contribution in [-0.4, -0.2) is 27.0 Å². The molecule has 0 saturated carbocycles. The Morgan fingerprint density at radius 2 is 1.76 bits per heavy atom. The molecule has 5 nitrogen and oxygen atoms in total. The summed E-state index contributed by atoms with van der Waals surface area (Å²) >= 11 is 0. The predicted octanol–water partition coefficient (Wildman–Crippen LogP) is 2.99. The maximum Gasteiger partial charge on any atom is 0.416 e. The lowest BCUT2D eigenvalue weighted by Gasteiger charge is -2.13. The molecule has 25 heavy (non-hydrogen) atoms. The molecular weight excluding hydrogens is 358 g/mol.